The Morgan fingerprint density at radius 3 is 2.30 bits per heavy atom. The van der Waals surface area contributed by atoms with E-state index in [-0.39, 0.29) is 5.91 Å². The van der Waals surface area contributed by atoms with E-state index in [1.807, 2.05) is 95.9 Å². The average Bonchev–Trinajstić information content (AvgIpc) is 3.36. The Morgan fingerprint density at radius 1 is 0.811 bits per heavy atom. The van der Waals surface area contributed by atoms with Gasteiger partial charge in [0.25, 0.3) is 5.91 Å². The quantitative estimate of drug-likeness (QED) is 0.242. The summed E-state index contributed by atoms with van der Waals surface area (Å²) in [6, 6.07) is 34.1. The van der Waals surface area contributed by atoms with Crippen LogP contribution in [0.25, 0.3) is 32.4 Å². The Kier molecular flexibility index (Phi) is 5.99. The molecular formula is C32H25N3OS. The summed E-state index contributed by atoms with van der Waals surface area (Å²) in [6.07, 6.45) is 0. The molecule has 0 aliphatic heterocycles. The van der Waals surface area contributed by atoms with Crippen LogP contribution in [0, 0.1) is 13.8 Å². The van der Waals surface area contributed by atoms with Crippen LogP contribution in [0.3, 0.4) is 0 Å². The lowest BCUT2D eigenvalue weighted by molar-refractivity contribution is 0.0986. The summed E-state index contributed by atoms with van der Waals surface area (Å²) in [5.41, 5.74) is 7.46. The van der Waals surface area contributed by atoms with Crippen molar-refractivity contribution in [2.24, 2.45) is 0 Å². The summed E-state index contributed by atoms with van der Waals surface area (Å²) in [6.45, 7) is 4.59. The van der Waals surface area contributed by atoms with Gasteiger partial charge in [0.05, 0.1) is 33.5 Å². The number of fused-ring (bicyclic) bond motifs is 2. The van der Waals surface area contributed by atoms with Crippen molar-refractivity contribution in [3.8, 4) is 11.3 Å². The minimum Gasteiger partial charge on any atom is -0.279 e. The number of rotatable bonds is 5. The van der Waals surface area contributed by atoms with E-state index in [1.54, 1.807) is 11.3 Å². The molecule has 180 valence electrons. The molecule has 4 aromatic carbocycles. The standard InChI is InChI=1S/C32H25N3OS/c1-21-17-22(2)30-29(18-21)37-32(34-30)35(20-23-11-5-3-6-12-23)31(36)26-19-28(24-13-7-4-8-14-24)33-27-16-10-9-15-25(26)27/h3-19H,20H2,1-2H3. The molecule has 0 radical (unpaired) electrons. The van der Waals surface area contributed by atoms with Crippen LogP contribution in [-0.2, 0) is 6.54 Å². The highest BCUT2D eigenvalue weighted by Crippen LogP contribution is 2.34. The van der Waals surface area contributed by atoms with Crippen LogP contribution >= 0.6 is 11.3 Å². The molecule has 5 heteroatoms. The highest BCUT2D eigenvalue weighted by atomic mass is 32.1. The number of aromatic nitrogens is 2. The number of hydrogen-bond acceptors (Lipinski definition) is 4. The molecular weight excluding hydrogens is 474 g/mol. The predicted octanol–water partition coefficient (Wildman–Crippen LogP) is 7.98. The first-order chi connectivity index (χ1) is 18.1. The summed E-state index contributed by atoms with van der Waals surface area (Å²) < 4.78 is 1.09. The highest BCUT2D eigenvalue weighted by molar-refractivity contribution is 7.22. The van der Waals surface area contributed by atoms with E-state index in [1.165, 1.54) is 5.56 Å². The number of benzene rings is 4. The van der Waals surface area contributed by atoms with E-state index >= 15 is 0 Å². The van der Waals surface area contributed by atoms with Crippen LogP contribution in [0.2, 0.25) is 0 Å². The van der Waals surface area contributed by atoms with E-state index < -0.39 is 0 Å². The van der Waals surface area contributed by atoms with Crippen LogP contribution in [0.1, 0.15) is 27.0 Å². The van der Waals surface area contributed by atoms with Gasteiger partial charge in [-0.05, 0) is 48.7 Å². The maximum absolute atomic E-state index is 14.4. The molecule has 6 aromatic rings. The van der Waals surface area contributed by atoms with Crippen molar-refractivity contribution in [3.63, 3.8) is 0 Å². The second-order valence-electron chi connectivity index (χ2n) is 9.24. The predicted molar refractivity (Wildman–Crippen MR) is 153 cm³/mol. The average molecular weight is 500 g/mol. The van der Waals surface area contributed by atoms with Crippen LogP contribution in [-0.4, -0.2) is 15.9 Å². The summed E-state index contributed by atoms with van der Waals surface area (Å²) in [7, 11) is 0. The molecule has 0 saturated carbocycles. The van der Waals surface area contributed by atoms with Crippen molar-refractivity contribution < 1.29 is 4.79 Å². The van der Waals surface area contributed by atoms with Gasteiger partial charge in [-0.2, -0.15) is 0 Å². The van der Waals surface area contributed by atoms with Gasteiger partial charge in [0.2, 0.25) is 0 Å². The summed E-state index contributed by atoms with van der Waals surface area (Å²) in [4.78, 5) is 26.1. The van der Waals surface area contributed by atoms with Gasteiger partial charge < -0.3 is 0 Å². The fourth-order valence-corrected chi connectivity index (χ4v) is 5.86. The minimum absolute atomic E-state index is 0.0898. The molecule has 0 aliphatic rings. The smallest absolute Gasteiger partial charge is 0.261 e. The van der Waals surface area contributed by atoms with E-state index in [0.29, 0.717) is 17.2 Å². The molecule has 1 amide bonds. The third-order valence-corrected chi connectivity index (χ3v) is 7.52. The number of amides is 1. The zero-order chi connectivity index (χ0) is 25.4. The van der Waals surface area contributed by atoms with Gasteiger partial charge >= 0.3 is 0 Å². The molecule has 37 heavy (non-hydrogen) atoms. The molecule has 0 atom stereocenters. The van der Waals surface area contributed by atoms with Gasteiger partial charge in [0.15, 0.2) is 5.13 Å². The minimum atomic E-state index is -0.0898. The van der Waals surface area contributed by atoms with Crippen LogP contribution in [0.4, 0.5) is 5.13 Å². The Bertz CT molecular complexity index is 1740. The Morgan fingerprint density at radius 2 is 1.51 bits per heavy atom. The summed E-state index contributed by atoms with van der Waals surface area (Å²) in [5.74, 6) is -0.0898. The number of para-hydroxylation sites is 1. The zero-order valence-electron chi connectivity index (χ0n) is 20.7. The lowest BCUT2D eigenvalue weighted by atomic mass is 10.0. The van der Waals surface area contributed by atoms with Gasteiger partial charge in [-0.1, -0.05) is 96.3 Å². The van der Waals surface area contributed by atoms with Gasteiger partial charge in [0, 0.05) is 10.9 Å². The van der Waals surface area contributed by atoms with Crippen LogP contribution < -0.4 is 4.90 Å². The first-order valence-corrected chi connectivity index (χ1v) is 13.1. The van der Waals surface area contributed by atoms with Crippen molar-refractivity contribution in [3.05, 3.63) is 125 Å². The Balaban J connectivity index is 1.53. The van der Waals surface area contributed by atoms with Crippen LogP contribution in [0.5, 0.6) is 0 Å². The van der Waals surface area contributed by atoms with E-state index in [2.05, 4.69) is 26.0 Å². The molecule has 4 nitrogen and oxygen atoms in total. The lowest BCUT2D eigenvalue weighted by Crippen LogP contribution is -2.30. The molecule has 0 unspecified atom stereocenters. The summed E-state index contributed by atoms with van der Waals surface area (Å²) in [5, 5.41) is 1.53. The largest absolute Gasteiger partial charge is 0.279 e. The molecule has 0 saturated heterocycles. The molecule has 0 bridgehead atoms. The zero-order valence-corrected chi connectivity index (χ0v) is 21.5. The van der Waals surface area contributed by atoms with Crippen molar-refractivity contribution in [2.45, 2.75) is 20.4 Å². The van der Waals surface area contributed by atoms with Gasteiger partial charge in [-0.3, -0.25) is 9.69 Å². The summed E-state index contributed by atoms with van der Waals surface area (Å²) >= 11 is 1.56. The lowest BCUT2D eigenvalue weighted by Gasteiger charge is -2.21. The molecule has 0 fully saturated rings. The third kappa shape index (κ3) is 4.50. The normalized spacial score (nSPS) is 11.2. The number of pyridine rings is 1. The molecule has 6 rings (SSSR count). The van der Waals surface area contributed by atoms with E-state index in [9.17, 15) is 4.79 Å². The number of anilines is 1. The van der Waals surface area contributed by atoms with E-state index in [0.717, 1.165) is 43.5 Å². The fourth-order valence-electron chi connectivity index (χ4n) is 4.72. The second kappa shape index (κ2) is 9.60. The number of hydrogen-bond donors (Lipinski definition) is 0. The maximum Gasteiger partial charge on any atom is 0.261 e. The number of aryl methyl sites for hydroxylation is 2. The van der Waals surface area contributed by atoms with Crippen molar-refractivity contribution >= 4 is 43.5 Å². The first-order valence-electron chi connectivity index (χ1n) is 12.3. The van der Waals surface area contributed by atoms with Gasteiger partial charge in [-0.25, -0.2) is 9.97 Å². The van der Waals surface area contributed by atoms with Gasteiger partial charge in [-0.15, -0.1) is 0 Å². The molecule has 2 aromatic heterocycles. The molecule has 2 heterocycles. The molecule has 0 aliphatic carbocycles. The van der Waals surface area contributed by atoms with E-state index in [4.69, 9.17) is 9.97 Å². The Hall–Kier alpha value is -4.35. The second-order valence-corrected chi connectivity index (χ2v) is 10.2. The maximum atomic E-state index is 14.4. The topological polar surface area (TPSA) is 46.1 Å². The number of thiazole rings is 1. The Labute approximate surface area is 219 Å². The number of nitrogens with zero attached hydrogens (tertiary/aromatic N) is 3. The van der Waals surface area contributed by atoms with Crippen LogP contribution in [0.15, 0.2) is 103 Å². The fraction of sp³-hybridized carbons (Fsp3) is 0.0938. The highest BCUT2D eigenvalue weighted by Gasteiger charge is 2.25. The molecule has 0 spiro atoms. The van der Waals surface area contributed by atoms with Gasteiger partial charge in [0.1, 0.15) is 0 Å². The van der Waals surface area contributed by atoms with Crippen molar-refractivity contribution in [1.82, 2.24) is 9.97 Å². The monoisotopic (exact) mass is 499 g/mol. The SMILES string of the molecule is Cc1cc(C)c2nc(N(Cc3ccccc3)C(=O)c3cc(-c4ccccc4)nc4ccccc34)sc2c1. The molecule has 0 N–H and O–H groups in total. The number of carbonyl (C=O) groups is 1. The van der Waals surface area contributed by atoms with Crippen molar-refractivity contribution in [2.75, 3.05) is 4.90 Å². The first kappa shape index (κ1) is 23.1. The number of carbonyl (C=O) groups excluding carboxylic acids is 1. The third-order valence-electron chi connectivity index (χ3n) is 6.49. The van der Waals surface area contributed by atoms with Crippen molar-refractivity contribution in [1.29, 1.82) is 0 Å².